The highest BCUT2D eigenvalue weighted by Crippen LogP contribution is 2.14. The van der Waals surface area contributed by atoms with Crippen LogP contribution in [0.15, 0.2) is 47.1 Å². The maximum atomic E-state index is 6.15. The van der Waals surface area contributed by atoms with E-state index in [1.807, 2.05) is 24.3 Å². The summed E-state index contributed by atoms with van der Waals surface area (Å²) in [4.78, 5) is 4.07. The van der Waals surface area contributed by atoms with Crippen LogP contribution in [0.3, 0.4) is 0 Å². The molecular formula is C14H16BrN3. The fourth-order valence-corrected chi connectivity index (χ4v) is 2.17. The molecule has 0 saturated heterocycles. The predicted molar refractivity (Wildman–Crippen MR) is 78.2 cm³/mol. The Hall–Kier alpha value is -1.39. The maximum Gasteiger partial charge on any atom is 0.126 e. The fourth-order valence-electron chi connectivity index (χ4n) is 1.90. The molecule has 0 amide bonds. The predicted octanol–water partition coefficient (Wildman–Crippen LogP) is 2.54. The first kappa shape index (κ1) is 13.1. The Morgan fingerprint density at radius 2 is 1.83 bits per heavy atom. The Labute approximate surface area is 115 Å². The standard InChI is InChI=1S/C14H16BrN3/c15-12-5-3-10(4-6-12)8-13(16)9-11-2-1-7-18-14(11)17/h1-7,13H,8-9,16H2,(H2,17,18). The van der Waals surface area contributed by atoms with E-state index in [0.717, 1.165) is 22.9 Å². The van der Waals surface area contributed by atoms with Gasteiger partial charge in [-0.3, -0.25) is 0 Å². The van der Waals surface area contributed by atoms with E-state index < -0.39 is 0 Å². The van der Waals surface area contributed by atoms with Crippen molar-refractivity contribution in [2.75, 3.05) is 5.73 Å². The molecule has 0 aliphatic heterocycles. The quantitative estimate of drug-likeness (QED) is 0.912. The van der Waals surface area contributed by atoms with Gasteiger partial charge in [0, 0.05) is 16.7 Å². The van der Waals surface area contributed by atoms with Crippen LogP contribution in [0.2, 0.25) is 0 Å². The van der Waals surface area contributed by atoms with Crippen molar-refractivity contribution >= 4 is 21.7 Å². The number of hydrogen-bond acceptors (Lipinski definition) is 3. The van der Waals surface area contributed by atoms with Gasteiger partial charge in [0.15, 0.2) is 0 Å². The Bertz CT molecular complexity index is 511. The van der Waals surface area contributed by atoms with Gasteiger partial charge in [-0.15, -0.1) is 0 Å². The molecule has 0 radical (unpaired) electrons. The lowest BCUT2D eigenvalue weighted by Gasteiger charge is -2.12. The van der Waals surface area contributed by atoms with Gasteiger partial charge in [-0.05, 0) is 42.2 Å². The molecule has 18 heavy (non-hydrogen) atoms. The average molecular weight is 306 g/mol. The van der Waals surface area contributed by atoms with Crippen molar-refractivity contribution in [2.24, 2.45) is 5.73 Å². The molecule has 4 heteroatoms. The molecule has 1 unspecified atom stereocenters. The fraction of sp³-hybridized carbons (Fsp3) is 0.214. The molecule has 0 aliphatic rings. The van der Waals surface area contributed by atoms with Crippen molar-refractivity contribution in [1.29, 1.82) is 0 Å². The molecule has 0 fully saturated rings. The third-order valence-electron chi connectivity index (χ3n) is 2.82. The van der Waals surface area contributed by atoms with Crippen molar-refractivity contribution in [1.82, 2.24) is 4.98 Å². The van der Waals surface area contributed by atoms with Crippen LogP contribution >= 0.6 is 15.9 Å². The smallest absolute Gasteiger partial charge is 0.126 e. The molecule has 1 heterocycles. The van der Waals surface area contributed by atoms with Crippen LogP contribution in [0, 0.1) is 0 Å². The van der Waals surface area contributed by atoms with Gasteiger partial charge < -0.3 is 11.5 Å². The molecule has 94 valence electrons. The number of aromatic nitrogens is 1. The minimum atomic E-state index is 0.0534. The van der Waals surface area contributed by atoms with Crippen molar-refractivity contribution in [3.05, 3.63) is 58.2 Å². The van der Waals surface area contributed by atoms with Gasteiger partial charge in [-0.25, -0.2) is 4.98 Å². The first-order valence-electron chi connectivity index (χ1n) is 5.84. The summed E-state index contributed by atoms with van der Waals surface area (Å²) < 4.78 is 1.08. The summed E-state index contributed by atoms with van der Waals surface area (Å²) in [6.45, 7) is 0. The number of nitrogen functional groups attached to an aromatic ring is 1. The molecule has 1 atom stereocenters. The van der Waals surface area contributed by atoms with Crippen molar-refractivity contribution in [3.8, 4) is 0 Å². The van der Waals surface area contributed by atoms with E-state index in [0.29, 0.717) is 5.82 Å². The highest BCUT2D eigenvalue weighted by atomic mass is 79.9. The number of anilines is 1. The van der Waals surface area contributed by atoms with E-state index in [4.69, 9.17) is 11.5 Å². The maximum absolute atomic E-state index is 6.15. The van der Waals surface area contributed by atoms with Crippen molar-refractivity contribution < 1.29 is 0 Å². The van der Waals surface area contributed by atoms with Crippen LogP contribution in [-0.4, -0.2) is 11.0 Å². The normalized spacial score (nSPS) is 12.3. The Morgan fingerprint density at radius 3 is 2.50 bits per heavy atom. The topological polar surface area (TPSA) is 64.9 Å². The van der Waals surface area contributed by atoms with E-state index in [-0.39, 0.29) is 6.04 Å². The van der Waals surface area contributed by atoms with Crippen LogP contribution in [-0.2, 0) is 12.8 Å². The molecule has 1 aromatic heterocycles. The van der Waals surface area contributed by atoms with E-state index in [1.54, 1.807) is 6.20 Å². The van der Waals surface area contributed by atoms with Gasteiger partial charge in [0.1, 0.15) is 5.82 Å². The average Bonchev–Trinajstić information content (AvgIpc) is 2.35. The third-order valence-corrected chi connectivity index (χ3v) is 3.35. The number of nitrogens with two attached hydrogens (primary N) is 2. The van der Waals surface area contributed by atoms with Crippen molar-refractivity contribution in [2.45, 2.75) is 18.9 Å². The van der Waals surface area contributed by atoms with Gasteiger partial charge in [-0.1, -0.05) is 34.1 Å². The second-order valence-corrected chi connectivity index (χ2v) is 5.26. The van der Waals surface area contributed by atoms with Gasteiger partial charge in [-0.2, -0.15) is 0 Å². The first-order valence-corrected chi connectivity index (χ1v) is 6.64. The van der Waals surface area contributed by atoms with Crippen LogP contribution in [0.25, 0.3) is 0 Å². The van der Waals surface area contributed by atoms with Crippen LogP contribution < -0.4 is 11.5 Å². The highest BCUT2D eigenvalue weighted by molar-refractivity contribution is 9.10. The number of halogens is 1. The van der Waals surface area contributed by atoms with E-state index >= 15 is 0 Å². The monoisotopic (exact) mass is 305 g/mol. The minimum Gasteiger partial charge on any atom is -0.383 e. The lowest BCUT2D eigenvalue weighted by Crippen LogP contribution is -2.26. The van der Waals surface area contributed by atoms with Gasteiger partial charge in [0.25, 0.3) is 0 Å². The van der Waals surface area contributed by atoms with Gasteiger partial charge in [0.2, 0.25) is 0 Å². The number of rotatable bonds is 4. The summed E-state index contributed by atoms with van der Waals surface area (Å²) in [5, 5.41) is 0. The second-order valence-electron chi connectivity index (χ2n) is 4.34. The molecular weight excluding hydrogens is 290 g/mol. The summed E-state index contributed by atoms with van der Waals surface area (Å²) in [6.07, 6.45) is 3.27. The van der Waals surface area contributed by atoms with E-state index in [9.17, 15) is 0 Å². The number of hydrogen-bond donors (Lipinski definition) is 2. The Morgan fingerprint density at radius 1 is 1.11 bits per heavy atom. The summed E-state index contributed by atoms with van der Waals surface area (Å²) in [6, 6.07) is 12.1. The molecule has 2 aromatic rings. The Balaban J connectivity index is 1.99. The largest absolute Gasteiger partial charge is 0.383 e. The second kappa shape index (κ2) is 5.98. The SMILES string of the molecule is Nc1ncccc1CC(N)Cc1ccc(Br)cc1. The van der Waals surface area contributed by atoms with Crippen LogP contribution in [0.5, 0.6) is 0 Å². The summed E-state index contributed by atoms with van der Waals surface area (Å²) >= 11 is 3.42. The molecule has 3 nitrogen and oxygen atoms in total. The van der Waals surface area contributed by atoms with Gasteiger partial charge >= 0.3 is 0 Å². The number of nitrogens with zero attached hydrogens (tertiary/aromatic N) is 1. The highest BCUT2D eigenvalue weighted by Gasteiger charge is 2.08. The van der Waals surface area contributed by atoms with Crippen molar-refractivity contribution in [3.63, 3.8) is 0 Å². The molecule has 0 saturated carbocycles. The molecule has 2 rings (SSSR count). The summed E-state index contributed by atoms with van der Waals surface area (Å²) in [7, 11) is 0. The molecule has 0 spiro atoms. The zero-order chi connectivity index (χ0) is 13.0. The molecule has 4 N–H and O–H groups in total. The first-order chi connectivity index (χ1) is 8.65. The molecule has 0 aliphatic carbocycles. The van der Waals surface area contributed by atoms with Crippen LogP contribution in [0.4, 0.5) is 5.82 Å². The minimum absolute atomic E-state index is 0.0534. The summed E-state index contributed by atoms with van der Waals surface area (Å²) in [5.41, 5.74) is 14.2. The van der Waals surface area contributed by atoms with Crippen LogP contribution in [0.1, 0.15) is 11.1 Å². The zero-order valence-electron chi connectivity index (χ0n) is 10.0. The Kier molecular flexibility index (Phi) is 4.33. The van der Waals surface area contributed by atoms with Gasteiger partial charge in [0.05, 0.1) is 0 Å². The molecule has 0 bridgehead atoms. The summed E-state index contributed by atoms with van der Waals surface area (Å²) in [5.74, 6) is 0.573. The van der Waals surface area contributed by atoms with E-state index in [1.165, 1.54) is 5.56 Å². The lowest BCUT2D eigenvalue weighted by atomic mass is 10.0. The van der Waals surface area contributed by atoms with E-state index in [2.05, 4.69) is 33.0 Å². The third kappa shape index (κ3) is 3.55. The lowest BCUT2D eigenvalue weighted by molar-refractivity contribution is 0.664. The zero-order valence-corrected chi connectivity index (χ0v) is 11.6. The number of pyridine rings is 1. The molecule has 1 aromatic carbocycles. The number of benzene rings is 1.